The summed E-state index contributed by atoms with van der Waals surface area (Å²) >= 11 is 0. The molecule has 1 unspecified atom stereocenters. The molecule has 2 N–H and O–H groups in total. The first-order valence-electron chi connectivity index (χ1n) is 8.02. The van der Waals surface area contributed by atoms with Crippen LogP contribution in [-0.2, 0) is 9.59 Å². The Balaban J connectivity index is 1.86. The number of para-hydroxylation sites is 1. The van der Waals surface area contributed by atoms with E-state index in [4.69, 9.17) is 0 Å². The number of anilines is 2. The van der Waals surface area contributed by atoms with Crippen molar-refractivity contribution in [2.24, 2.45) is 5.92 Å². The Labute approximate surface area is 143 Å². The van der Waals surface area contributed by atoms with Crippen molar-refractivity contribution in [3.05, 3.63) is 66.1 Å². The van der Waals surface area contributed by atoms with E-state index in [1.165, 1.54) is 0 Å². The molecule has 125 valence electrons. The van der Waals surface area contributed by atoms with Crippen LogP contribution in [0.15, 0.2) is 54.6 Å². The molecule has 4 nitrogen and oxygen atoms in total. The summed E-state index contributed by atoms with van der Waals surface area (Å²) in [5.41, 5.74) is 2.65. The molecular formula is C20H23N2O2. The third kappa shape index (κ3) is 5.23. The van der Waals surface area contributed by atoms with Crippen molar-refractivity contribution in [3.63, 3.8) is 0 Å². The van der Waals surface area contributed by atoms with Gasteiger partial charge in [0.2, 0.25) is 11.8 Å². The van der Waals surface area contributed by atoms with Crippen LogP contribution in [0, 0.1) is 18.8 Å². The van der Waals surface area contributed by atoms with Crippen LogP contribution in [0.3, 0.4) is 0 Å². The van der Waals surface area contributed by atoms with Gasteiger partial charge in [-0.25, -0.2) is 0 Å². The fourth-order valence-electron chi connectivity index (χ4n) is 2.26. The highest BCUT2D eigenvalue weighted by atomic mass is 16.2. The van der Waals surface area contributed by atoms with Gasteiger partial charge in [-0.15, -0.1) is 0 Å². The number of carbonyl (C=O) groups is 2. The average molecular weight is 323 g/mol. The number of amides is 2. The Morgan fingerprint density at radius 2 is 1.50 bits per heavy atom. The second-order valence-electron chi connectivity index (χ2n) is 6.02. The molecule has 2 aromatic rings. The lowest BCUT2D eigenvalue weighted by molar-refractivity contribution is -0.117. The molecule has 2 rings (SSSR count). The number of hydrogen-bond acceptors (Lipinski definition) is 2. The van der Waals surface area contributed by atoms with E-state index in [-0.39, 0.29) is 24.2 Å². The van der Waals surface area contributed by atoms with Crippen LogP contribution in [0.5, 0.6) is 0 Å². The first kappa shape index (κ1) is 17.7. The smallest absolute Gasteiger partial charge is 0.231 e. The first-order chi connectivity index (χ1) is 11.5. The summed E-state index contributed by atoms with van der Waals surface area (Å²) in [6.45, 7) is 5.65. The highest BCUT2D eigenvalue weighted by Crippen LogP contribution is 2.21. The molecule has 0 aliphatic carbocycles. The van der Waals surface area contributed by atoms with E-state index in [0.717, 1.165) is 16.9 Å². The number of benzene rings is 2. The Bertz CT molecular complexity index is 681. The molecule has 1 radical (unpaired) electrons. The summed E-state index contributed by atoms with van der Waals surface area (Å²) < 4.78 is 0. The summed E-state index contributed by atoms with van der Waals surface area (Å²) in [5, 5.41) is 5.70. The third-order valence-electron chi connectivity index (χ3n) is 3.96. The number of carbonyl (C=O) groups excluding carboxylic acids is 2. The van der Waals surface area contributed by atoms with Crippen LogP contribution in [0.25, 0.3) is 0 Å². The fourth-order valence-corrected chi connectivity index (χ4v) is 2.26. The topological polar surface area (TPSA) is 58.2 Å². The Hall–Kier alpha value is -2.62. The van der Waals surface area contributed by atoms with Crippen molar-refractivity contribution in [2.75, 3.05) is 10.6 Å². The molecule has 0 aromatic heterocycles. The molecule has 0 saturated carbocycles. The van der Waals surface area contributed by atoms with E-state index < -0.39 is 0 Å². The number of hydrogen-bond donors (Lipinski definition) is 2. The van der Waals surface area contributed by atoms with Crippen LogP contribution < -0.4 is 10.6 Å². The minimum absolute atomic E-state index is 0.101. The average Bonchev–Trinajstić information content (AvgIpc) is 2.57. The number of aryl methyl sites for hydroxylation is 1. The molecule has 0 heterocycles. The van der Waals surface area contributed by atoms with Gasteiger partial charge in [0.05, 0.1) is 5.92 Å². The van der Waals surface area contributed by atoms with E-state index in [2.05, 4.69) is 10.6 Å². The number of nitrogens with one attached hydrogen (secondary N) is 2. The number of rotatable bonds is 6. The Kier molecular flexibility index (Phi) is 6.13. The predicted molar refractivity (Wildman–Crippen MR) is 97.6 cm³/mol. The van der Waals surface area contributed by atoms with E-state index in [9.17, 15) is 9.59 Å². The largest absolute Gasteiger partial charge is 0.326 e. The summed E-state index contributed by atoms with van der Waals surface area (Å²) in [7, 11) is 0. The second kappa shape index (κ2) is 8.29. The van der Waals surface area contributed by atoms with E-state index in [1.807, 2.05) is 68.4 Å². The van der Waals surface area contributed by atoms with E-state index in [0.29, 0.717) is 5.92 Å². The van der Waals surface area contributed by atoms with E-state index in [1.54, 1.807) is 6.92 Å². The maximum atomic E-state index is 12.3. The molecule has 1 atom stereocenters. The molecule has 0 bridgehead atoms. The van der Waals surface area contributed by atoms with Crippen molar-refractivity contribution < 1.29 is 9.59 Å². The van der Waals surface area contributed by atoms with Gasteiger partial charge in [0, 0.05) is 17.8 Å². The van der Waals surface area contributed by atoms with Gasteiger partial charge in [-0.3, -0.25) is 9.59 Å². The molecule has 2 amide bonds. The molecule has 0 saturated heterocycles. The maximum absolute atomic E-state index is 12.3. The van der Waals surface area contributed by atoms with Gasteiger partial charge >= 0.3 is 0 Å². The normalized spacial score (nSPS) is 11.8. The van der Waals surface area contributed by atoms with Gasteiger partial charge in [-0.1, -0.05) is 42.8 Å². The molecule has 0 aliphatic heterocycles. The first-order valence-corrected chi connectivity index (χ1v) is 8.02. The quantitative estimate of drug-likeness (QED) is 0.837. The minimum Gasteiger partial charge on any atom is -0.326 e. The lowest BCUT2D eigenvalue weighted by atomic mass is 9.91. The second-order valence-corrected chi connectivity index (χ2v) is 6.02. The summed E-state index contributed by atoms with van der Waals surface area (Å²) in [6.07, 6.45) is 0.266. The third-order valence-corrected chi connectivity index (χ3v) is 3.96. The Morgan fingerprint density at radius 3 is 2.12 bits per heavy atom. The molecular weight excluding hydrogens is 300 g/mol. The standard InChI is InChI=1S/C20H23N2O2/c1-14-9-11-18(12-10-14)22-20(24)16(3)15(2)13-19(23)21-17-7-5-4-6-8-17/h4-12,15H,13H2,1-3H3,(H,21,23)(H,22,24). The van der Waals surface area contributed by atoms with Crippen LogP contribution in [-0.4, -0.2) is 11.8 Å². The summed E-state index contributed by atoms with van der Waals surface area (Å²) in [6, 6.07) is 16.9. The van der Waals surface area contributed by atoms with Crippen LogP contribution in [0.4, 0.5) is 11.4 Å². The van der Waals surface area contributed by atoms with E-state index >= 15 is 0 Å². The van der Waals surface area contributed by atoms with Crippen molar-refractivity contribution in [2.45, 2.75) is 27.2 Å². The zero-order chi connectivity index (χ0) is 17.5. The van der Waals surface area contributed by atoms with Gasteiger partial charge in [-0.2, -0.15) is 0 Å². The van der Waals surface area contributed by atoms with Gasteiger partial charge < -0.3 is 10.6 Å². The summed E-state index contributed by atoms with van der Waals surface area (Å²) in [4.78, 5) is 24.4. The lowest BCUT2D eigenvalue weighted by Gasteiger charge is -2.18. The molecule has 24 heavy (non-hydrogen) atoms. The molecule has 2 aromatic carbocycles. The highest BCUT2D eigenvalue weighted by molar-refractivity contribution is 6.01. The molecule has 0 spiro atoms. The molecule has 0 aliphatic rings. The lowest BCUT2D eigenvalue weighted by Crippen LogP contribution is -2.26. The molecule has 0 fully saturated rings. The van der Waals surface area contributed by atoms with Crippen molar-refractivity contribution >= 4 is 23.2 Å². The van der Waals surface area contributed by atoms with Crippen LogP contribution in [0.2, 0.25) is 0 Å². The van der Waals surface area contributed by atoms with Gasteiger partial charge in [0.1, 0.15) is 0 Å². The van der Waals surface area contributed by atoms with Crippen molar-refractivity contribution in [3.8, 4) is 0 Å². The van der Waals surface area contributed by atoms with Crippen LogP contribution in [0.1, 0.15) is 25.8 Å². The minimum atomic E-state index is -0.154. The van der Waals surface area contributed by atoms with Gasteiger partial charge in [-0.05, 0) is 44.0 Å². The van der Waals surface area contributed by atoms with Crippen LogP contribution >= 0.6 is 0 Å². The fraction of sp³-hybridized carbons (Fsp3) is 0.250. The molecule has 4 heteroatoms. The SMILES string of the molecule is C[C](C(=O)Nc1ccc(C)cc1)C(C)CC(=O)Nc1ccccc1. The zero-order valence-electron chi connectivity index (χ0n) is 14.3. The zero-order valence-corrected chi connectivity index (χ0v) is 14.3. The monoisotopic (exact) mass is 323 g/mol. The van der Waals surface area contributed by atoms with Gasteiger partial charge in [0.15, 0.2) is 0 Å². The van der Waals surface area contributed by atoms with Gasteiger partial charge in [0.25, 0.3) is 0 Å². The predicted octanol–water partition coefficient (Wildman–Crippen LogP) is 4.19. The summed E-state index contributed by atoms with van der Waals surface area (Å²) in [5.74, 6) is 0.244. The Morgan fingerprint density at radius 1 is 0.917 bits per heavy atom. The maximum Gasteiger partial charge on any atom is 0.231 e. The van der Waals surface area contributed by atoms with Crippen molar-refractivity contribution in [1.82, 2.24) is 0 Å². The highest BCUT2D eigenvalue weighted by Gasteiger charge is 2.23. The van der Waals surface area contributed by atoms with Crippen molar-refractivity contribution in [1.29, 1.82) is 0 Å².